The zero-order valence-corrected chi connectivity index (χ0v) is 15.1. The van der Waals surface area contributed by atoms with Crippen LogP contribution in [0.4, 0.5) is 4.39 Å². The summed E-state index contributed by atoms with van der Waals surface area (Å²) < 4.78 is 14.0. The first kappa shape index (κ1) is 17.6. The number of carbonyl (C=O) groups is 2. The van der Waals surface area contributed by atoms with Crippen LogP contribution in [0.15, 0.2) is 53.0 Å². The van der Waals surface area contributed by atoms with Gasteiger partial charge < -0.3 is 10.2 Å². The van der Waals surface area contributed by atoms with Crippen LogP contribution in [-0.2, 0) is 0 Å². The van der Waals surface area contributed by atoms with Gasteiger partial charge in [-0.1, -0.05) is 18.2 Å². The molecule has 0 bridgehead atoms. The Hall–Kier alpha value is -2.21. The Morgan fingerprint density at radius 1 is 1.08 bits per heavy atom. The molecule has 4 nitrogen and oxygen atoms in total. The maximum atomic E-state index is 13.3. The first-order valence-corrected chi connectivity index (χ1v) is 8.94. The Labute approximate surface area is 154 Å². The predicted molar refractivity (Wildman–Crippen MR) is 96.9 cm³/mol. The number of amides is 2. The summed E-state index contributed by atoms with van der Waals surface area (Å²) in [6, 6.07) is 13.0. The molecule has 0 unspecified atom stereocenters. The van der Waals surface area contributed by atoms with E-state index in [4.69, 9.17) is 0 Å². The Balaban J connectivity index is 1.56. The standard InChI is InChI=1S/C19H18BrFN2O2/c20-17-7-2-1-6-16(17)18(24)22-15-8-10-23(11-9-15)19(25)13-4-3-5-14(21)12-13/h1-7,12,15H,8-11H2,(H,22,24). The van der Waals surface area contributed by atoms with Gasteiger partial charge in [-0.15, -0.1) is 0 Å². The highest BCUT2D eigenvalue weighted by molar-refractivity contribution is 9.10. The second kappa shape index (κ2) is 7.78. The van der Waals surface area contributed by atoms with Gasteiger partial charge in [-0.05, 0) is 59.1 Å². The third-order valence-electron chi connectivity index (χ3n) is 4.31. The van der Waals surface area contributed by atoms with Crippen LogP contribution in [0.1, 0.15) is 33.6 Å². The van der Waals surface area contributed by atoms with E-state index in [1.165, 1.54) is 18.2 Å². The molecule has 1 heterocycles. The highest BCUT2D eigenvalue weighted by Gasteiger charge is 2.25. The molecule has 0 atom stereocenters. The summed E-state index contributed by atoms with van der Waals surface area (Å²) in [6.45, 7) is 1.08. The second-order valence-electron chi connectivity index (χ2n) is 6.03. The molecule has 0 aliphatic carbocycles. The third-order valence-corrected chi connectivity index (χ3v) is 5.00. The van der Waals surface area contributed by atoms with Crippen molar-refractivity contribution in [3.63, 3.8) is 0 Å². The maximum Gasteiger partial charge on any atom is 0.253 e. The average Bonchev–Trinajstić information content (AvgIpc) is 2.62. The van der Waals surface area contributed by atoms with E-state index >= 15 is 0 Å². The number of likely N-dealkylation sites (tertiary alicyclic amines) is 1. The smallest absolute Gasteiger partial charge is 0.253 e. The number of nitrogens with one attached hydrogen (secondary N) is 1. The lowest BCUT2D eigenvalue weighted by Gasteiger charge is -2.32. The van der Waals surface area contributed by atoms with Crippen molar-refractivity contribution in [2.45, 2.75) is 18.9 Å². The number of nitrogens with zero attached hydrogens (tertiary/aromatic N) is 1. The van der Waals surface area contributed by atoms with Gasteiger partial charge in [-0.3, -0.25) is 9.59 Å². The monoisotopic (exact) mass is 404 g/mol. The fourth-order valence-electron chi connectivity index (χ4n) is 2.94. The molecule has 130 valence electrons. The molecule has 0 aromatic heterocycles. The summed E-state index contributed by atoms with van der Waals surface area (Å²) in [7, 11) is 0. The molecule has 0 saturated carbocycles. The van der Waals surface area contributed by atoms with Gasteiger partial charge in [0.25, 0.3) is 11.8 Å². The van der Waals surface area contributed by atoms with Gasteiger partial charge in [0, 0.05) is 29.2 Å². The lowest BCUT2D eigenvalue weighted by atomic mass is 10.0. The summed E-state index contributed by atoms with van der Waals surface area (Å²) in [6.07, 6.45) is 1.36. The Kier molecular flexibility index (Phi) is 5.48. The molecule has 2 aromatic rings. The number of rotatable bonds is 3. The first-order valence-electron chi connectivity index (χ1n) is 8.15. The molecule has 1 fully saturated rings. The molecule has 1 aliphatic heterocycles. The van der Waals surface area contributed by atoms with Crippen molar-refractivity contribution in [3.05, 3.63) is 69.9 Å². The minimum Gasteiger partial charge on any atom is -0.349 e. The second-order valence-corrected chi connectivity index (χ2v) is 6.88. The Bertz CT molecular complexity index is 788. The maximum absolute atomic E-state index is 13.3. The van der Waals surface area contributed by atoms with Crippen LogP contribution in [0.2, 0.25) is 0 Å². The summed E-state index contributed by atoms with van der Waals surface area (Å²) in [4.78, 5) is 26.5. The van der Waals surface area contributed by atoms with E-state index < -0.39 is 5.82 Å². The number of piperidine rings is 1. The van der Waals surface area contributed by atoms with Gasteiger partial charge in [0.15, 0.2) is 0 Å². The zero-order chi connectivity index (χ0) is 17.8. The number of hydrogen-bond acceptors (Lipinski definition) is 2. The molecule has 1 N–H and O–H groups in total. The molecule has 1 saturated heterocycles. The third kappa shape index (κ3) is 4.25. The quantitative estimate of drug-likeness (QED) is 0.848. The van der Waals surface area contributed by atoms with Gasteiger partial charge in [0.2, 0.25) is 0 Å². The molecule has 0 radical (unpaired) electrons. The fraction of sp³-hybridized carbons (Fsp3) is 0.263. The predicted octanol–water partition coefficient (Wildman–Crippen LogP) is 3.62. The van der Waals surface area contributed by atoms with E-state index in [1.807, 2.05) is 18.2 Å². The van der Waals surface area contributed by atoms with Crippen LogP contribution in [-0.4, -0.2) is 35.8 Å². The number of benzene rings is 2. The van der Waals surface area contributed by atoms with Crippen LogP contribution >= 0.6 is 15.9 Å². The van der Waals surface area contributed by atoms with E-state index in [0.717, 1.165) is 4.47 Å². The van der Waals surface area contributed by atoms with Crippen LogP contribution < -0.4 is 5.32 Å². The van der Waals surface area contributed by atoms with Crippen LogP contribution in [0.25, 0.3) is 0 Å². The molecule has 2 amide bonds. The largest absolute Gasteiger partial charge is 0.349 e. The van der Waals surface area contributed by atoms with E-state index in [9.17, 15) is 14.0 Å². The Morgan fingerprint density at radius 3 is 2.48 bits per heavy atom. The molecular weight excluding hydrogens is 387 g/mol. The van der Waals surface area contributed by atoms with Crippen molar-refractivity contribution in [2.24, 2.45) is 0 Å². The van der Waals surface area contributed by atoms with Crippen molar-refractivity contribution in [1.82, 2.24) is 10.2 Å². The first-order chi connectivity index (χ1) is 12.0. The van der Waals surface area contributed by atoms with E-state index in [-0.39, 0.29) is 17.9 Å². The zero-order valence-electron chi connectivity index (χ0n) is 13.5. The highest BCUT2D eigenvalue weighted by atomic mass is 79.9. The van der Waals surface area contributed by atoms with Crippen molar-refractivity contribution < 1.29 is 14.0 Å². The normalized spacial score (nSPS) is 15.0. The van der Waals surface area contributed by atoms with Crippen LogP contribution in [0, 0.1) is 5.82 Å². The molecule has 0 spiro atoms. The lowest BCUT2D eigenvalue weighted by molar-refractivity contribution is 0.0697. The SMILES string of the molecule is O=C(NC1CCN(C(=O)c2cccc(F)c2)CC1)c1ccccc1Br. The van der Waals surface area contributed by atoms with Crippen molar-refractivity contribution in [3.8, 4) is 0 Å². The summed E-state index contributed by atoms with van der Waals surface area (Å²) >= 11 is 3.38. The average molecular weight is 405 g/mol. The lowest BCUT2D eigenvalue weighted by Crippen LogP contribution is -2.46. The van der Waals surface area contributed by atoms with Crippen molar-refractivity contribution >= 4 is 27.7 Å². The molecule has 2 aromatic carbocycles. The fourth-order valence-corrected chi connectivity index (χ4v) is 3.40. The van der Waals surface area contributed by atoms with E-state index in [0.29, 0.717) is 37.1 Å². The molecule has 6 heteroatoms. The minimum atomic E-state index is -0.415. The summed E-state index contributed by atoms with van der Waals surface area (Å²) in [5.41, 5.74) is 0.955. The molecule has 1 aliphatic rings. The van der Waals surface area contributed by atoms with E-state index in [1.54, 1.807) is 17.0 Å². The summed E-state index contributed by atoms with van der Waals surface area (Å²) in [5.74, 6) is -0.709. The van der Waals surface area contributed by atoms with Gasteiger partial charge >= 0.3 is 0 Å². The van der Waals surface area contributed by atoms with Crippen molar-refractivity contribution in [1.29, 1.82) is 0 Å². The van der Waals surface area contributed by atoms with Crippen molar-refractivity contribution in [2.75, 3.05) is 13.1 Å². The molecule has 3 rings (SSSR count). The van der Waals surface area contributed by atoms with Gasteiger partial charge in [-0.2, -0.15) is 0 Å². The van der Waals surface area contributed by atoms with Gasteiger partial charge in [-0.25, -0.2) is 4.39 Å². The van der Waals surface area contributed by atoms with Crippen LogP contribution in [0.3, 0.4) is 0 Å². The van der Waals surface area contributed by atoms with E-state index in [2.05, 4.69) is 21.2 Å². The van der Waals surface area contributed by atoms with Crippen LogP contribution in [0.5, 0.6) is 0 Å². The number of hydrogen-bond donors (Lipinski definition) is 1. The number of carbonyl (C=O) groups excluding carboxylic acids is 2. The van der Waals surface area contributed by atoms with Gasteiger partial charge in [0.05, 0.1) is 5.56 Å². The Morgan fingerprint density at radius 2 is 1.80 bits per heavy atom. The molecular formula is C19H18BrFN2O2. The molecule has 25 heavy (non-hydrogen) atoms. The summed E-state index contributed by atoms with van der Waals surface area (Å²) in [5, 5.41) is 3.02. The topological polar surface area (TPSA) is 49.4 Å². The number of halogens is 2. The highest BCUT2D eigenvalue weighted by Crippen LogP contribution is 2.18. The minimum absolute atomic E-state index is 0.0242. The van der Waals surface area contributed by atoms with Gasteiger partial charge in [0.1, 0.15) is 5.82 Å².